The maximum absolute atomic E-state index is 4.39. The smallest absolute Gasteiger partial charge is 0.150 e. The van der Waals surface area contributed by atoms with Crippen LogP contribution in [-0.2, 0) is 6.42 Å². The van der Waals surface area contributed by atoms with E-state index in [-0.39, 0.29) is 0 Å². The highest BCUT2D eigenvalue weighted by Crippen LogP contribution is 2.32. The zero-order valence-corrected chi connectivity index (χ0v) is 9.16. The first-order valence-electron chi connectivity index (χ1n) is 5.93. The van der Waals surface area contributed by atoms with Gasteiger partial charge in [0, 0.05) is 18.5 Å². The van der Waals surface area contributed by atoms with E-state index >= 15 is 0 Å². The molecule has 2 fully saturated rings. The van der Waals surface area contributed by atoms with Gasteiger partial charge in [-0.25, -0.2) is 4.98 Å². The number of H-pyrrole nitrogens is 1. The van der Waals surface area contributed by atoms with Gasteiger partial charge in [0.25, 0.3) is 0 Å². The highest BCUT2D eigenvalue weighted by molar-refractivity contribution is 4.96. The molecule has 2 bridgehead atoms. The average molecular weight is 206 g/mol. The van der Waals surface area contributed by atoms with Gasteiger partial charge >= 0.3 is 0 Å². The molecule has 0 aromatic carbocycles. The van der Waals surface area contributed by atoms with E-state index in [1.807, 2.05) is 6.92 Å². The van der Waals surface area contributed by atoms with Crippen molar-refractivity contribution in [2.75, 3.05) is 0 Å². The molecule has 2 aliphatic rings. The van der Waals surface area contributed by atoms with Crippen LogP contribution in [0.5, 0.6) is 0 Å². The predicted octanol–water partition coefficient (Wildman–Crippen LogP) is 1.19. The Hall–Kier alpha value is -0.900. The molecule has 2 N–H and O–H groups in total. The molecule has 3 rings (SSSR count). The largest absolute Gasteiger partial charge is 0.311 e. The Bertz CT molecular complexity index is 334. The third-order valence-electron chi connectivity index (χ3n) is 3.69. The molecule has 2 unspecified atom stereocenters. The summed E-state index contributed by atoms with van der Waals surface area (Å²) in [5.74, 6) is 2.72. The van der Waals surface area contributed by atoms with Gasteiger partial charge in [-0.3, -0.25) is 5.10 Å². The van der Waals surface area contributed by atoms with Crippen LogP contribution in [-0.4, -0.2) is 27.3 Å². The molecular weight excluding hydrogens is 188 g/mol. The number of hydrogen-bond donors (Lipinski definition) is 2. The monoisotopic (exact) mass is 206 g/mol. The molecule has 0 amide bonds. The summed E-state index contributed by atoms with van der Waals surface area (Å²) in [5, 5.41) is 10.8. The van der Waals surface area contributed by atoms with E-state index in [0.717, 1.165) is 36.1 Å². The van der Waals surface area contributed by atoms with E-state index in [1.165, 1.54) is 25.7 Å². The number of aromatic nitrogens is 3. The van der Waals surface area contributed by atoms with E-state index < -0.39 is 0 Å². The number of nitrogens with one attached hydrogen (secondary N) is 2. The standard InChI is InChI=1S/C11H18N4/c1-7-12-11(15-14-7)6-8-4-9-2-3-10(5-8)13-9/h8-10,13H,2-6H2,1H3,(H,12,14,15). The molecule has 3 heterocycles. The molecule has 0 aliphatic carbocycles. The normalized spacial score (nSPS) is 34.6. The summed E-state index contributed by atoms with van der Waals surface area (Å²) in [6.45, 7) is 1.96. The summed E-state index contributed by atoms with van der Waals surface area (Å²) in [5.41, 5.74) is 0. The fourth-order valence-electron chi connectivity index (χ4n) is 3.08. The molecule has 4 nitrogen and oxygen atoms in total. The van der Waals surface area contributed by atoms with Gasteiger partial charge < -0.3 is 5.32 Å². The van der Waals surface area contributed by atoms with E-state index in [1.54, 1.807) is 0 Å². The number of fused-ring (bicyclic) bond motifs is 2. The predicted molar refractivity (Wildman–Crippen MR) is 57.5 cm³/mol. The van der Waals surface area contributed by atoms with Crippen LogP contribution in [0.1, 0.15) is 37.3 Å². The molecule has 4 heteroatoms. The maximum atomic E-state index is 4.39. The van der Waals surface area contributed by atoms with Gasteiger partial charge in [-0.2, -0.15) is 5.10 Å². The minimum absolute atomic E-state index is 0.772. The van der Waals surface area contributed by atoms with Crippen molar-refractivity contribution < 1.29 is 0 Å². The maximum Gasteiger partial charge on any atom is 0.150 e. The minimum Gasteiger partial charge on any atom is -0.311 e. The summed E-state index contributed by atoms with van der Waals surface area (Å²) in [6.07, 6.45) is 6.41. The fraction of sp³-hybridized carbons (Fsp3) is 0.818. The fourth-order valence-corrected chi connectivity index (χ4v) is 3.08. The molecule has 1 aromatic heterocycles. The Labute approximate surface area is 89.9 Å². The molecule has 15 heavy (non-hydrogen) atoms. The second-order valence-corrected chi connectivity index (χ2v) is 5.02. The van der Waals surface area contributed by atoms with Crippen LogP contribution in [0.2, 0.25) is 0 Å². The van der Waals surface area contributed by atoms with Crippen LogP contribution in [0.3, 0.4) is 0 Å². The Kier molecular flexibility index (Phi) is 2.24. The average Bonchev–Trinajstić information content (AvgIpc) is 2.74. The topological polar surface area (TPSA) is 53.6 Å². The van der Waals surface area contributed by atoms with Gasteiger partial charge in [-0.1, -0.05) is 0 Å². The third-order valence-corrected chi connectivity index (χ3v) is 3.69. The zero-order valence-electron chi connectivity index (χ0n) is 9.16. The number of nitrogens with zero attached hydrogens (tertiary/aromatic N) is 2. The first-order valence-corrected chi connectivity index (χ1v) is 5.93. The number of hydrogen-bond acceptors (Lipinski definition) is 3. The summed E-state index contributed by atoms with van der Waals surface area (Å²) < 4.78 is 0. The Morgan fingerprint density at radius 3 is 2.60 bits per heavy atom. The van der Waals surface area contributed by atoms with Crippen LogP contribution < -0.4 is 5.32 Å². The van der Waals surface area contributed by atoms with E-state index in [2.05, 4.69) is 20.5 Å². The molecule has 1 aromatic rings. The molecule has 0 spiro atoms. The lowest BCUT2D eigenvalue weighted by atomic mass is 9.89. The van der Waals surface area contributed by atoms with Gasteiger partial charge in [0.1, 0.15) is 5.82 Å². The Balaban J connectivity index is 1.64. The Morgan fingerprint density at radius 2 is 2.00 bits per heavy atom. The highest BCUT2D eigenvalue weighted by Gasteiger charge is 2.33. The first-order chi connectivity index (χ1) is 7.29. The van der Waals surface area contributed by atoms with Crippen molar-refractivity contribution in [2.45, 2.75) is 51.1 Å². The number of piperidine rings is 1. The third kappa shape index (κ3) is 1.91. The SMILES string of the molecule is Cc1nc(CC2CC3CCC(C2)N3)n[nH]1. The second-order valence-electron chi connectivity index (χ2n) is 5.02. The first kappa shape index (κ1) is 9.33. The highest BCUT2D eigenvalue weighted by atomic mass is 15.2. The molecule has 2 atom stereocenters. The van der Waals surface area contributed by atoms with E-state index in [4.69, 9.17) is 0 Å². The summed E-state index contributed by atoms with van der Waals surface area (Å²) in [4.78, 5) is 4.39. The number of aryl methyl sites for hydroxylation is 1. The summed E-state index contributed by atoms with van der Waals surface area (Å²) in [7, 11) is 0. The van der Waals surface area contributed by atoms with Gasteiger partial charge in [0.05, 0.1) is 0 Å². The molecule has 82 valence electrons. The van der Waals surface area contributed by atoms with Crippen molar-refractivity contribution in [1.29, 1.82) is 0 Å². The molecular formula is C11H18N4. The van der Waals surface area contributed by atoms with E-state index in [0.29, 0.717) is 0 Å². The summed E-state index contributed by atoms with van der Waals surface area (Å²) in [6, 6.07) is 1.54. The van der Waals surface area contributed by atoms with Crippen LogP contribution in [0, 0.1) is 12.8 Å². The van der Waals surface area contributed by atoms with Crippen molar-refractivity contribution in [1.82, 2.24) is 20.5 Å². The second kappa shape index (κ2) is 3.59. The van der Waals surface area contributed by atoms with Crippen molar-refractivity contribution >= 4 is 0 Å². The lowest BCUT2D eigenvalue weighted by molar-refractivity contribution is 0.295. The lowest BCUT2D eigenvalue weighted by Gasteiger charge is -2.28. The van der Waals surface area contributed by atoms with Gasteiger partial charge in [-0.05, 0) is 38.5 Å². The van der Waals surface area contributed by atoms with Crippen molar-refractivity contribution in [3.05, 3.63) is 11.6 Å². The zero-order chi connectivity index (χ0) is 10.3. The van der Waals surface area contributed by atoms with Gasteiger partial charge in [0.2, 0.25) is 0 Å². The van der Waals surface area contributed by atoms with Gasteiger partial charge in [0.15, 0.2) is 5.82 Å². The van der Waals surface area contributed by atoms with Crippen LogP contribution in [0.15, 0.2) is 0 Å². The molecule has 0 radical (unpaired) electrons. The number of rotatable bonds is 2. The van der Waals surface area contributed by atoms with Gasteiger partial charge in [-0.15, -0.1) is 0 Å². The van der Waals surface area contributed by atoms with Crippen molar-refractivity contribution in [3.8, 4) is 0 Å². The Morgan fingerprint density at radius 1 is 1.27 bits per heavy atom. The lowest BCUT2D eigenvalue weighted by Crippen LogP contribution is -2.38. The number of aromatic amines is 1. The van der Waals surface area contributed by atoms with Crippen LogP contribution in [0.25, 0.3) is 0 Å². The van der Waals surface area contributed by atoms with Crippen molar-refractivity contribution in [3.63, 3.8) is 0 Å². The van der Waals surface area contributed by atoms with Crippen LogP contribution in [0.4, 0.5) is 0 Å². The molecule has 2 saturated heterocycles. The molecule has 2 aliphatic heterocycles. The van der Waals surface area contributed by atoms with Crippen molar-refractivity contribution in [2.24, 2.45) is 5.92 Å². The minimum atomic E-state index is 0.772. The molecule has 0 saturated carbocycles. The van der Waals surface area contributed by atoms with Crippen LogP contribution >= 0.6 is 0 Å². The van der Waals surface area contributed by atoms with E-state index in [9.17, 15) is 0 Å². The summed E-state index contributed by atoms with van der Waals surface area (Å²) >= 11 is 0. The quantitative estimate of drug-likeness (QED) is 0.764.